The lowest BCUT2D eigenvalue weighted by Gasteiger charge is -2.32. The lowest BCUT2D eigenvalue weighted by Crippen LogP contribution is -2.45. The molecule has 0 saturated heterocycles. The van der Waals surface area contributed by atoms with E-state index in [1.165, 1.54) is 6.07 Å². The van der Waals surface area contributed by atoms with Crippen LogP contribution in [0.2, 0.25) is 0 Å². The molecule has 1 rings (SSSR count). The summed E-state index contributed by atoms with van der Waals surface area (Å²) in [7, 11) is 0. The van der Waals surface area contributed by atoms with Gasteiger partial charge in [-0.05, 0) is 52.6 Å². The molecule has 104 valence electrons. The zero-order valence-corrected chi connectivity index (χ0v) is 13.5. The molecule has 19 heavy (non-hydrogen) atoms. The molecule has 9 heteroatoms. The minimum absolute atomic E-state index is 0.0302. The molecule has 0 radical (unpaired) electrons. The Labute approximate surface area is 126 Å². The highest BCUT2D eigenvalue weighted by Gasteiger charge is 2.35. The molecule has 0 unspecified atom stereocenters. The summed E-state index contributed by atoms with van der Waals surface area (Å²) < 4.78 is 0.271. The summed E-state index contributed by atoms with van der Waals surface area (Å²) in [5, 5.41) is 20.4. The highest BCUT2D eigenvalue weighted by atomic mass is 79.9. The Morgan fingerprint density at radius 2 is 2.00 bits per heavy atom. The van der Waals surface area contributed by atoms with E-state index in [1.807, 2.05) is 0 Å². The largest absolute Gasteiger partial charge is 0.465 e. The Kier molecular flexibility index (Phi) is 4.51. The van der Waals surface area contributed by atoms with Crippen LogP contribution in [-0.4, -0.2) is 26.6 Å². The number of hydrogen-bond acceptors (Lipinski definition) is 4. The highest BCUT2D eigenvalue weighted by Crippen LogP contribution is 2.39. The van der Waals surface area contributed by atoms with Gasteiger partial charge in [0, 0.05) is 11.6 Å². The van der Waals surface area contributed by atoms with Crippen LogP contribution in [0.1, 0.15) is 20.8 Å². The van der Waals surface area contributed by atoms with Crippen LogP contribution in [0, 0.1) is 10.1 Å². The summed E-state index contributed by atoms with van der Waals surface area (Å²) in [6, 6.07) is 1.31. The van der Waals surface area contributed by atoms with Gasteiger partial charge in [-0.25, -0.2) is 9.78 Å². The molecule has 1 amide bonds. The number of carboxylic acid groups (broad SMARTS) is 1. The normalized spacial score (nSPS) is 11.2. The average Bonchev–Trinajstić information content (AvgIpc) is 2.11. The van der Waals surface area contributed by atoms with Gasteiger partial charge in [0.1, 0.15) is 10.3 Å². The molecule has 1 aromatic rings. The minimum atomic E-state index is -1.28. The van der Waals surface area contributed by atoms with Gasteiger partial charge in [-0.2, -0.15) is 0 Å². The highest BCUT2D eigenvalue weighted by molar-refractivity contribution is 9.11. The predicted molar refractivity (Wildman–Crippen MR) is 76.5 cm³/mol. The third-order valence-corrected chi connectivity index (χ3v) is 3.14. The minimum Gasteiger partial charge on any atom is -0.465 e. The van der Waals surface area contributed by atoms with Crippen molar-refractivity contribution in [2.75, 3.05) is 4.90 Å². The van der Waals surface area contributed by atoms with E-state index in [2.05, 4.69) is 36.8 Å². The molecule has 1 N–H and O–H groups in total. The molecule has 1 heterocycles. The number of carbonyl (C=O) groups is 1. The van der Waals surface area contributed by atoms with Crippen LogP contribution in [-0.2, 0) is 0 Å². The fourth-order valence-corrected chi connectivity index (χ4v) is 2.73. The zero-order valence-electron chi connectivity index (χ0n) is 10.3. The van der Waals surface area contributed by atoms with Crippen molar-refractivity contribution in [1.29, 1.82) is 0 Å². The second-order valence-electron chi connectivity index (χ2n) is 4.65. The monoisotopic (exact) mass is 395 g/mol. The van der Waals surface area contributed by atoms with Gasteiger partial charge in [0.2, 0.25) is 0 Å². The Balaban J connectivity index is 3.63. The quantitative estimate of drug-likeness (QED) is 0.465. The van der Waals surface area contributed by atoms with Crippen LogP contribution >= 0.6 is 31.9 Å². The maximum absolute atomic E-state index is 11.4. The van der Waals surface area contributed by atoms with Gasteiger partial charge in [0.05, 0.1) is 4.92 Å². The fraction of sp³-hybridized carbons (Fsp3) is 0.400. The number of aromatic nitrogens is 1. The van der Waals surface area contributed by atoms with Crippen molar-refractivity contribution in [2.24, 2.45) is 0 Å². The van der Waals surface area contributed by atoms with Crippen molar-refractivity contribution in [2.45, 2.75) is 26.3 Å². The number of nitrogens with zero attached hydrogens (tertiary/aromatic N) is 3. The Morgan fingerprint density at radius 1 is 1.47 bits per heavy atom. The second-order valence-corrected chi connectivity index (χ2v) is 6.21. The predicted octanol–water partition coefficient (Wildman–Crippen LogP) is 3.80. The first-order chi connectivity index (χ1) is 8.55. The van der Waals surface area contributed by atoms with E-state index >= 15 is 0 Å². The first-order valence-corrected chi connectivity index (χ1v) is 6.68. The summed E-state index contributed by atoms with van der Waals surface area (Å²) in [5.74, 6) is 0. The van der Waals surface area contributed by atoms with E-state index < -0.39 is 16.6 Å². The third kappa shape index (κ3) is 3.41. The number of nitro groups is 1. The van der Waals surface area contributed by atoms with Gasteiger partial charge in [-0.1, -0.05) is 0 Å². The topological polar surface area (TPSA) is 96.6 Å². The van der Waals surface area contributed by atoms with Crippen LogP contribution in [0.4, 0.5) is 16.2 Å². The molecule has 0 aliphatic carbocycles. The van der Waals surface area contributed by atoms with Gasteiger partial charge < -0.3 is 5.11 Å². The lowest BCUT2D eigenvalue weighted by molar-refractivity contribution is -0.385. The van der Waals surface area contributed by atoms with Crippen LogP contribution in [0.5, 0.6) is 0 Å². The van der Waals surface area contributed by atoms with Gasteiger partial charge in [-0.15, -0.1) is 0 Å². The standard InChI is InChI=1S/C10H11Br2N3O4/c1-10(2,3)14(9(16)17)5-4-6(11)13-8(12)7(5)15(18)19/h4H,1-3H3,(H,16,17). The molecule has 0 aromatic carbocycles. The summed E-state index contributed by atoms with van der Waals surface area (Å²) in [6.07, 6.45) is -1.28. The maximum atomic E-state index is 11.4. The van der Waals surface area contributed by atoms with Crippen LogP contribution in [0.3, 0.4) is 0 Å². The Bertz CT molecular complexity index is 542. The average molecular weight is 397 g/mol. The summed E-state index contributed by atoms with van der Waals surface area (Å²) in [4.78, 5) is 26.6. The van der Waals surface area contributed by atoms with E-state index in [9.17, 15) is 20.0 Å². The van der Waals surface area contributed by atoms with Crippen molar-refractivity contribution in [1.82, 2.24) is 4.98 Å². The number of anilines is 1. The van der Waals surface area contributed by atoms with E-state index in [4.69, 9.17) is 0 Å². The SMILES string of the molecule is CC(C)(C)N(C(=O)O)c1cc(Br)nc(Br)c1[N+](=O)[O-]. The second kappa shape index (κ2) is 5.41. The van der Waals surface area contributed by atoms with Crippen molar-refractivity contribution < 1.29 is 14.8 Å². The lowest BCUT2D eigenvalue weighted by atomic mass is 10.1. The summed E-state index contributed by atoms with van der Waals surface area (Å²) in [6.45, 7) is 4.94. The molecule has 0 atom stereocenters. The van der Waals surface area contributed by atoms with Crippen molar-refractivity contribution in [3.05, 3.63) is 25.4 Å². The molecular formula is C10H11Br2N3O4. The van der Waals surface area contributed by atoms with Crippen LogP contribution < -0.4 is 4.90 Å². The van der Waals surface area contributed by atoms with Crippen LogP contribution in [0.15, 0.2) is 15.3 Å². The smallest absolute Gasteiger partial charge is 0.412 e. The van der Waals surface area contributed by atoms with Gasteiger partial charge >= 0.3 is 11.8 Å². The number of hydrogen-bond donors (Lipinski definition) is 1. The number of rotatable bonds is 2. The molecule has 0 aliphatic heterocycles. The van der Waals surface area contributed by atoms with Crippen molar-refractivity contribution >= 4 is 49.3 Å². The molecule has 7 nitrogen and oxygen atoms in total. The molecule has 0 bridgehead atoms. The summed E-state index contributed by atoms with van der Waals surface area (Å²) in [5.41, 5.74) is -1.27. The maximum Gasteiger partial charge on any atom is 0.412 e. The molecule has 0 aliphatic rings. The molecular weight excluding hydrogens is 386 g/mol. The molecule has 0 fully saturated rings. The van der Waals surface area contributed by atoms with Gasteiger partial charge in [-0.3, -0.25) is 15.0 Å². The molecule has 0 spiro atoms. The van der Waals surface area contributed by atoms with E-state index in [0.29, 0.717) is 4.60 Å². The Morgan fingerprint density at radius 3 is 2.37 bits per heavy atom. The number of pyridine rings is 1. The first kappa shape index (κ1) is 15.8. The van der Waals surface area contributed by atoms with Crippen molar-refractivity contribution in [3.8, 4) is 0 Å². The Hall–Kier alpha value is -1.22. The van der Waals surface area contributed by atoms with Gasteiger partial charge in [0.25, 0.3) is 0 Å². The number of halogens is 2. The van der Waals surface area contributed by atoms with E-state index in [1.54, 1.807) is 20.8 Å². The third-order valence-electron chi connectivity index (χ3n) is 2.18. The number of amides is 1. The van der Waals surface area contributed by atoms with Crippen molar-refractivity contribution in [3.63, 3.8) is 0 Å². The first-order valence-electron chi connectivity index (χ1n) is 5.09. The van der Waals surface area contributed by atoms with E-state index in [-0.39, 0.29) is 16.0 Å². The molecule has 0 saturated carbocycles. The van der Waals surface area contributed by atoms with Gasteiger partial charge in [0.15, 0.2) is 4.60 Å². The summed E-state index contributed by atoms with van der Waals surface area (Å²) >= 11 is 6.08. The van der Waals surface area contributed by atoms with Crippen LogP contribution in [0.25, 0.3) is 0 Å². The molecule has 1 aromatic heterocycles. The zero-order chi connectivity index (χ0) is 15.0. The van der Waals surface area contributed by atoms with E-state index in [0.717, 1.165) is 4.90 Å². The fourth-order valence-electron chi connectivity index (χ4n) is 1.56.